The van der Waals surface area contributed by atoms with Crippen molar-refractivity contribution in [3.05, 3.63) is 50.4 Å². The van der Waals surface area contributed by atoms with Gasteiger partial charge in [-0.25, -0.2) is 14.0 Å². The molecule has 1 fully saturated rings. The highest BCUT2D eigenvalue weighted by Gasteiger charge is 2.29. The van der Waals surface area contributed by atoms with E-state index in [4.69, 9.17) is 14.5 Å². The minimum absolute atomic E-state index is 0.0219. The number of nitrogens with zero attached hydrogens (tertiary/aromatic N) is 5. The summed E-state index contributed by atoms with van der Waals surface area (Å²) in [6.45, 7) is 8.04. The molecule has 4 rings (SSSR count). The van der Waals surface area contributed by atoms with Gasteiger partial charge in [0.2, 0.25) is 5.95 Å². The molecule has 2 aromatic heterocycles. The van der Waals surface area contributed by atoms with Crippen LogP contribution < -0.4 is 26.2 Å². The Morgan fingerprint density at radius 2 is 2.00 bits per heavy atom. The number of nitrogens with one attached hydrogen (secondary N) is 1. The third kappa shape index (κ3) is 5.83. The average molecular weight is 555 g/mol. The maximum atomic E-state index is 14.9. The van der Waals surface area contributed by atoms with Crippen LogP contribution in [-0.4, -0.2) is 56.6 Å². The lowest BCUT2D eigenvalue weighted by Crippen LogP contribution is -2.49. The summed E-state index contributed by atoms with van der Waals surface area (Å²) in [6, 6.07) is 4.37. The summed E-state index contributed by atoms with van der Waals surface area (Å²) in [7, 11) is 2.88. The lowest BCUT2D eigenvalue weighted by atomic mass is 10.1. The van der Waals surface area contributed by atoms with Gasteiger partial charge < -0.3 is 19.7 Å². The van der Waals surface area contributed by atoms with Gasteiger partial charge >= 0.3 is 11.8 Å². The summed E-state index contributed by atoms with van der Waals surface area (Å²) in [5.41, 5.74) is -1.32. The van der Waals surface area contributed by atoms with Gasteiger partial charge in [-0.15, -0.1) is 5.92 Å². The first-order chi connectivity index (χ1) is 18.9. The lowest BCUT2D eigenvalue weighted by Gasteiger charge is -2.34. The second-order valence-corrected chi connectivity index (χ2v) is 10.7. The summed E-state index contributed by atoms with van der Waals surface area (Å²) < 4.78 is 29.3. The van der Waals surface area contributed by atoms with Crippen LogP contribution in [0.15, 0.2) is 27.8 Å². The lowest BCUT2D eigenvalue weighted by molar-refractivity contribution is 0.0499. The van der Waals surface area contributed by atoms with E-state index < -0.39 is 28.8 Å². The van der Waals surface area contributed by atoms with Crippen molar-refractivity contribution in [2.24, 2.45) is 7.05 Å². The number of ether oxygens (including phenoxy) is 2. The van der Waals surface area contributed by atoms with E-state index in [1.807, 2.05) is 4.90 Å². The fourth-order valence-electron chi connectivity index (χ4n) is 4.81. The Bertz CT molecular complexity index is 1600. The van der Waals surface area contributed by atoms with E-state index >= 15 is 0 Å². The van der Waals surface area contributed by atoms with Crippen LogP contribution in [0, 0.1) is 17.7 Å². The van der Waals surface area contributed by atoms with E-state index in [2.05, 4.69) is 17.2 Å². The highest BCUT2D eigenvalue weighted by Crippen LogP contribution is 2.24. The van der Waals surface area contributed by atoms with Crippen LogP contribution in [0.25, 0.3) is 11.2 Å². The fraction of sp³-hybridized carbons (Fsp3) is 0.500. The first-order valence-electron chi connectivity index (χ1n) is 13.1. The predicted octanol–water partition coefficient (Wildman–Crippen LogP) is 2.61. The molecule has 1 aromatic carbocycles. The highest BCUT2D eigenvalue weighted by molar-refractivity contribution is 5.75. The Balaban J connectivity index is 1.77. The maximum absolute atomic E-state index is 14.9. The topological polar surface area (TPSA) is 113 Å². The minimum Gasteiger partial charge on any atom is -0.494 e. The first kappa shape index (κ1) is 28.7. The molecule has 11 nitrogen and oxygen atoms in total. The van der Waals surface area contributed by atoms with Gasteiger partial charge in [0.05, 0.1) is 20.2 Å². The molecule has 0 spiro atoms. The molecular weight excluding hydrogens is 519 g/mol. The van der Waals surface area contributed by atoms with Gasteiger partial charge in [-0.05, 0) is 46.6 Å². The molecule has 12 heteroatoms. The van der Waals surface area contributed by atoms with Crippen molar-refractivity contribution in [1.82, 2.24) is 24.0 Å². The van der Waals surface area contributed by atoms with Crippen molar-refractivity contribution >= 4 is 23.2 Å². The molecule has 1 saturated heterocycles. The van der Waals surface area contributed by atoms with Crippen LogP contribution in [0.2, 0.25) is 0 Å². The van der Waals surface area contributed by atoms with Crippen LogP contribution in [-0.2, 0) is 24.9 Å². The number of piperidine rings is 1. The van der Waals surface area contributed by atoms with E-state index in [9.17, 15) is 18.8 Å². The zero-order valence-corrected chi connectivity index (χ0v) is 23.7. The van der Waals surface area contributed by atoms with Gasteiger partial charge in [0.15, 0.2) is 22.7 Å². The summed E-state index contributed by atoms with van der Waals surface area (Å²) >= 11 is 0. The van der Waals surface area contributed by atoms with E-state index in [0.717, 1.165) is 17.4 Å². The van der Waals surface area contributed by atoms with E-state index in [0.29, 0.717) is 19.0 Å². The van der Waals surface area contributed by atoms with E-state index in [-0.39, 0.29) is 41.6 Å². The third-order valence-corrected chi connectivity index (χ3v) is 6.64. The third-order valence-electron chi connectivity index (χ3n) is 6.64. The number of hydrogen-bond acceptors (Lipinski definition) is 7. The normalized spacial score (nSPS) is 15.5. The van der Waals surface area contributed by atoms with Crippen LogP contribution in [0.1, 0.15) is 46.1 Å². The Kier molecular flexibility index (Phi) is 8.23. The Morgan fingerprint density at radius 3 is 2.67 bits per heavy atom. The van der Waals surface area contributed by atoms with E-state index in [1.54, 1.807) is 38.3 Å². The molecule has 1 N–H and O–H groups in total. The standard InChI is InChI=1S/C28H35FN6O5/c1-7-8-15-34-22-23(31-25(34)33-14-10-12-19(17-33)30-26(37)40-28(2,3)4)32(5)27(38)35(24(22)36)16-18-11-9-13-20(39-6)21(18)29/h9,11,13,19H,10,12,14-17H2,1-6H3,(H,30,37)/t19-/m1/s1. The van der Waals surface area contributed by atoms with Gasteiger partial charge in [-0.3, -0.25) is 18.5 Å². The number of amides is 1. The van der Waals surface area contributed by atoms with Crippen molar-refractivity contribution in [3.63, 3.8) is 0 Å². The molecule has 1 amide bonds. The fourth-order valence-corrected chi connectivity index (χ4v) is 4.81. The van der Waals surface area contributed by atoms with Crippen LogP contribution in [0.5, 0.6) is 5.75 Å². The zero-order chi connectivity index (χ0) is 29.2. The van der Waals surface area contributed by atoms with E-state index in [1.165, 1.54) is 30.9 Å². The number of imidazole rings is 1. The number of aryl methyl sites for hydroxylation is 1. The molecule has 40 heavy (non-hydrogen) atoms. The number of halogens is 1. The highest BCUT2D eigenvalue weighted by atomic mass is 19.1. The second-order valence-electron chi connectivity index (χ2n) is 10.7. The van der Waals surface area contributed by atoms with Gasteiger partial charge in [-0.1, -0.05) is 18.1 Å². The molecule has 0 saturated carbocycles. The number of benzene rings is 1. The van der Waals surface area contributed by atoms with Crippen molar-refractivity contribution in [2.45, 2.75) is 65.3 Å². The number of alkyl carbamates (subject to hydrolysis) is 1. The Labute approximate surface area is 231 Å². The number of hydrogen-bond donors (Lipinski definition) is 1. The summed E-state index contributed by atoms with van der Waals surface area (Å²) in [4.78, 5) is 46.2. The molecule has 214 valence electrons. The predicted molar refractivity (Wildman–Crippen MR) is 149 cm³/mol. The quantitative estimate of drug-likeness (QED) is 0.466. The zero-order valence-electron chi connectivity index (χ0n) is 23.7. The molecule has 0 bridgehead atoms. The number of fused-ring (bicyclic) bond motifs is 1. The van der Waals surface area contributed by atoms with Crippen molar-refractivity contribution < 1.29 is 18.7 Å². The number of anilines is 1. The summed E-state index contributed by atoms with van der Waals surface area (Å²) in [5, 5.41) is 2.92. The van der Waals surface area contributed by atoms with Crippen molar-refractivity contribution in [1.29, 1.82) is 0 Å². The van der Waals surface area contributed by atoms with Gasteiger partial charge in [0.25, 0.3) is 5.56 Å². The molecule has 3 heterocycles. The second kappa shape index (κ2) is 11.5. The average Bonchev–Trinajstić information content (AvgIpc) is 3.28. The summed E-state index contributed by atoms with van der Waals surface area (Å²) in [6.07, 6.45) is 1.02. The Hall–Kier alpha value is -4.27. The molecule has 1 aliphatic heterocycles. The molecular formula is C28H35FN6O5. The number of methoxy groups -OCH3 is 1. The smallest absolute Gasteiger partial charge is 0.407 e. The molecule has 0 unspecified atom stereocenters. The largest absolute Gasteiger partial charge is 0.494 e. The first-order valence-corrected chi connectivity index (χ1v) is 13.1. The number of aromatic nitrogens is 4. The summed E-state index contributed by atoms with van der Waals surface area (Å²) in [5.74, 6) is 5.69. The number of carbonyl (C=O) groups is 1. The molecule has 3 aromatic rings. The van der Waals surface area contributed by atoms with Gasteiger partial charge in [-0.2, -0.15) is 4.98 Å². The van der Waals surface area contributed by atoms with Crippen molar-refractivity contribution in [2.75, 3.05) is 25.1 Å². The van der Waals surface area contributed by atoms with Crippen LogP contribution >= 0.6 is 0 Å². The monoisotopic (exact) mass is 554 g/mol. The van der Waals surface area contributed by atoms with Crippen LogP contribution in [0.4, 0.5) is 15.1 Å². The minimum atomic E-state index is -0.637. The SMILES string of the molecule is CC#CCn1c(N2CCC[C@@H](NC(=O)OC(C)(C)C)C2)nc2c1c(=O)n(Cc1cccc(OC)c1F)c(=O)n2C. The molecule has 0 radical (unpaired) electrons. The molecule has 1 aliphatic rings. The van der Waals surface area contributed by atoms with Crippen molar-refractivity contribution in [3.8, 4) is 17.6 Å². The van der Waals surface area contributed by atoms with Gasteiger partial charge in [0.1, 0.15) is 5.60 Å². The number of rotatable bonds is 6. The Morgan fingerprint density at radius 1 is 1.25 bits per heavy atom. The number of carbonyl (C=O) groups excluding carboxylic acids is 1. The molecule has 1 atom stereocenters. The van der Waals surface area contributed by atoms with Crippen LogP contribution in [0.3, 0.4) is 0 Å². The maximum Gasteiger partial charge on any atom is 0.407 e. The van der Waals surface area contributed by atoms with Gasteiger partial charge in [0, 0.05) is 31.7 Å². The molecule has 0 aliphatic carbocycles.